The standard InChI is InChI=1S/C76H72N4O/c1-73(2,3)56-28-21-27-53(39-56)66-43-55(50-23-15-13-16-24-50)42-65(51-25-17-14-18-26-51)72(66)79-49-78(70-44-52(33-36-68(70)79)54-40-58(75(7,8)9)45-59(41-54)76(10,11)12)60-29-22-30-61(47-60)81-62-34-35-64-63-31-19-20-32-67(63)80(69(64)48-62)71-46-57(37-38-77-71)74(4,5)6/h13-48H,1-12H3/i13D,14D,15D,16D,17D,18D,23D,24D,25D,26D. The second-order valence-electron chi connectivity index (χ2n) is 25.3. The Morgan fingerprint density at radius 1 is 0.432 bits per heavy atom. The van der Waals surface area contributed by atoms with Crippen molar-refractivity contribution in [1.29, 1.82) is 0 Å². The van der Waals surface area contributed by atoms with Gasteiger partial charge < -0.3 is 4.74 Å². The molecule has 0 aliphatic rings. The molecule has 5 heteroatoms. The third-order valence-electron chi connectivity index (χ3n) is 15.4. The number of hydrogen-bond donors (Lipinski definition) is 0. The highest BCUT2D eigenvalue weighted by molar-refractivity contribution is 6.09. The van der Waals surface area contributed by atoms with E-state index in [1.807, 2.05) is 94.2 Å². The third kappa shape index (κ3) is 10.3. The van der Waals surface area contributed by atoms with Crippen molar-refractivity contribution in [2.45, 2.75) is 105 Å². The molecular weight excluding hydrogens is 985 g/mol. The van der Waals surface area contributed by atoms with E-state index >= 15 is 0 Å². The highest BCUT2D eigenvalue weighted by Crippen LogP contribution is 2.42. The maximum absolute atomic E-state index is 9.63. The molecular formula is C76H72N4O. The zero-order chi connectivity index (χ0) is 65.3. The number of imidazole rings is 1. The SMILES string of the molecule is [2H]c1c([2H])c([2H])c(-c2cc(-c3cccc(C(C)(C)C)c3)c(-[n+]3[c-]n(-c4cccc(Oc5ccc6c7ccccc7n(-c7cc(C(C)(C)C)ccn7)c6c5)c4)c4cc(-c5cc(C(C)(C)C)cc(C(C)(C)C)c5)ccc43)c(-c3c([2H])c([2H])c([2H])c([2H])c3[2H])c2)c([2H])c1[2H]. The Bertz CT molecular complexity index is 4880. The van der Waals surface area contributed by atoms with Crippen LogP contribution in [0.15, 0.2) is 218 Å². The number of pyridine rings is 1. The van der Waals surface area contributed by atoms with Crippen molar-refractivity contribution < 1.29 is 23.0 Å². The zero-order valence-electron chi connectivity index (χ0n) is 58.2. The lowest BCUT2D eigenvalue weighted by atomic mass is 9.79. The van der Waals surface area contributed by atoms with Crippen molar-refractivity contribution in [1.82, 2.24) is 14.1 Å². The van der Waals surface area contributed by atoms with Crippen LogP contribution in [-0.2, 0) is 21.7 Å². The molecule has 5 nitrogen and oxygen atoms in total. The fraction of sp³-hybridized carbons (Fsp3) is 0.211. The van der Waals surface area contributed by atoms with Crippen LogP contribution in [0.4, 0.5) is 0 Å². The predicted molar refractivity (Wildman–Crippen MR) is 339 cm³/mol. The van der Waals surface area contributed by atoms with E-state index in [2.05, 4.69) is 155 Å². The van der Waals surface area contributed by atoms with Gasteiger partial charge in [-0.2, -0.15) is 0 Å². The lowest BCUT2D eigenvalue weighted by molar-refractivity contribution is -0.571. The Hall–Kier alpha value is -8.80. The van der Waals surface area contributed by atoms with Gasteiger partial charge in [0.2, 0.25) is 0 Å². The van der Waals surface area contributed by atoms with Crippen molar-refractivity contribution in [2.24, 2.45) is 0 Å². The van der Waals surface area contributed by atoms with Gasteiger partial charge in [-0.05, 0) is 155 Å². The van der Waals surface area contributed by atoms with Crippen LogP contribution in [0.2, 0.25) is 0 Å². The summed E-state index contributed by atoms with van der Waals surface area (Å²) in [7, 11) is 0. The molecule has 0 unspecified atom stereocenters. The fourth-order valence-electron chi connectivity index (χ4n) is 10.8. The van der Waals surface area contributed by atoms with E-state index in [-0.39, 0.29) is 43.9 Å². The van der Waals surface area contributed by atoms with Crippen LogP contribution >= 0.6 is 0 Å². The first-order chi connectivity index (χ1) is 42.8. The van der Waals surface area contributed by atoms with Crippen molar-refractivity contribution in [3.05, 3.63) is 247 Å². The maximum Gasteiger partial charge on any atom is 0.269 e. The first-order valence-electron chi connectivity index (χ1n) is 32.7. The lowest BCUT2D eigenvalue weighted by Crippen LogP contribution is -2.31. The molecule has 0 radical (unpaired) electrons. The van der Waals surface area contributed by atoms with E-state index in [4.69, 9.17) is 17.9 Å². The van der Waals surface area contributed by atoms with Crippen LogP contribution in [-0.4, -0.2) is 14.1 Å². The van der Waals surface area contributed by atoms with Crippen LogP contribution in [0.1, 0.15) is 119 Å². The molecule has 81 heavy (non-hydrogen) atoms. The lowest BCUT2D eigenvalue weighted by Gasteiger charge is -2.26. The molecule has 9 aromatic carbocycles. The smallest absolute Gasteiger partial charge is 0.269 e. The monoisotopic (exact) mass is 1070 g/mol. The topological polar surface area (TPSA) is 35.9 Å². The second kappa shape index (κ2) is 20.1. The number of para-hydroxylation sites is 1. The number of ether oxygens (including phenoxy) is 1. The van der Waals surface area contributed by atoms with Crippen molar-refractivity contribution in [2.75, 3.05) is 0 Å². The Balaban J connectivity index is 1.15. The zero-order valence-corrected chi connectivity index (χ0v) is 48.2. The average molecular weight is 1070 g/mol. The normalized spacial score (nSPS) is 14.2. The Labute approximate surface area is 492 Å². The fourth-order valence-corrected chi connectivity index (χ4v) is 10.8. The minimum absolute atomic E-state index is 0.110. The summed E-state index contributed by atoms with van der Waals surface area (Å²) >= 11 is 0. The first-order valence-corrected chi connectivity index (χ1v) is 27.7. The molecule has 12 aromatic rings. The molecule has 0 aliphatic carbocycles. The number of hydrogen-bond acceptors (Lipinski definition) is 2. The highest BCUT2D eigenvalue weighted by atomic mass is 16.5. The molecule has 0 spiro atoms. The summed E-state index contributed by atoms with van der Waals surface area (Å²) in [6.45, 7) is 26.2. The summed E-state index contributed by atoms with van der Waals surface area (Å²) in [5.41, 5.74) is 11.0. The summed E-state index contributed by atoms with van der Waals surface area (Å²) in [4.78, 5) is 4.91. The van der Waals surface area contributed by atoms with Gasteiger partial charge in [0.1, 0.15) is 17.3 Å². The molecule has 3 aromatic heterocycles. The van der Waals surface area contributed by atoms with Crippen molar-refractivity contribution in [3.63, 3.8) is 0 Å². The number of nitrogens with zero attached hydrogens (tertiary/aromatic N) is 4. The quantitative estimate of drug-likeness (QED) is 0.107. The molecule has 0 fully saturated rings. The van der Waals surface area contributed by atoms with Crippen molar-refractivity contribution >= 4 is 32.8 Å². The average Bonchev–Trinajstić information content (AvgIpc) is 1.73. The largest absolute Gasteiger partial charge is 0.458 e. The summed E-state index contributed by atoms with van der Waals surface area (Å²) in [6, 6.07) is 45.4. The van der Waals surface area contributed by atoms with E-state index in [0.29, 0.717) is 45.0 Å². The van der Waals surface area contributed by atoms with Crippen LogP contribution < -0.4 is 9.30 Å². The van der Waals surface area contributed by atoms with Crippen LogP contribution in [0.25, 0.3) is 94.5 Å². The van der Waals surface area contributed by atoms with Gasteiger partial charge in [-0.1, -0.05) is 222 Å². The van der Waals surface area contributed by atoms with Gasteiger partial charge >= 0.3 is 0 Å². The first kappa shape index (κ1) is 42.1. The third-order valence-corrected chi connectivity index (χ3v) is 15.4. The van der Waals surface area contributed by atoms with Gasteiger partial charge in [0.05, 0.1) is 47.1 Å². The minimum atomic E-state index is -0.582. The molecule has 0 atom stereocenters. The highest BCUT2D eigenvalue weighted by Gasteiger charge is 2.26. The molecule has 0 N–H and O–H groups in total. The van der Waals surface area contributed by atoms with Crippen LogP contribution in [0, 0.1) is 6.33 Å². The van der Waals surface area contributed by atoms with Crippen molar-refractivity contribution in [3.8, 4) is 73.2 Å². The van der Waals surface area contributed by atoms with E-state index in [1.54, 1.807) is 12.1 Å². The molecule has 0 bridgehead atoms. The summed E-state index contributed by atoms with van der Waals surface area (Å²) < 4.78 is 104. The number of rotatable bonds is 9. The van der Waals surface area contributed by atoms with Gasteiger partial charge in [-0.3, -0.25) is 13.7 Å². The van der Waals surface area contributed by atoms with Gasteiger partial charge in [0.25, 0.3) is 6.33 Å². The van der Waals surface area contributed by atoms with Crippen LogP contribution in [0.3, 0.4) is 0 Å². The van der Waals surface area contributed by atoms with Gasteiger partial charge in [-0.25, -0.2) is 4.98 Å². The van der Waals surface area contributed by atoms with E-state index in [0.717, 1.165) is 49.9 Å². The Morgan fingerprint density at radius 2 is 1.02 bits per heavy atom. The van der Waals surface area contributed by atoms with Gasteiger partial charge in [0, 0.05) is 23.0 Å². The number of fused-ring (bicyclic) bond motifs is 4. The molecule has 0 saturated carbocycles. The number of benzene rings is 9. The van der Waals surface area contributed by atoms with Gasteiger partial charge in [0.15, 0.2) is 0 Å². The summed E-state index contributed by atoms with van der Waals surface area (Å²) in [6.07, 6.45) is 5.62. The van der Waals surface area contributed by atoms with E-state index in [9.17, 15) is 5.48 Å². The minimum Gasteiger partial charge on any atom is -0.458 e. The van der Waals surface area contributed by atoms with Gasteiger partial charge in [-0.15, -0.1) is 0 Å². The van der Waals surface area contributed by atoms with Crippen LogP contribution in [0.5, 0.6) is 11.5 Å². The molecule has 0 aliphatic heterocycles. The molecule has 0 saturated heterocycles. The number of aromatic nitrogens is 4. The second-order valence-corrected chi connectivity index (χ2v) is 25.3. The predicted octanol–water partition coefficient (Wildman–Crippen LogP) is 19.8. The molecule has 12 rings (SSSR count). The Kier molecular flexibility index (Phi) is 10.4. The molecule has 3 heterocycles. The summed E-state index contributed by atoms with van der Waals surface area (Å²) in [5.74, 6) is 1.92. The van der Waals surface area contributed by atoms with E-state index < -0.39 is 60.4 Å². The molecule has 0 amide bonds. The molecule has 402 valence electrons. The van der Waals surface area contributed by atoms with E-state index in [1.165, 1.54) is 11.1 Å². The Morgan fingerprint density at radius 3 is 1.72 bits per heavy atom. The summed E-state index contributed by atoms with van der Waals surface area (Å²) in [5, 5.41) is 2.13. The maximum atomic E-state index is 9.63.